The fraction of sp³-hybridized carbons (Fsp3) is 0.233. The Balaban J connectivity index is 1.48. The van der Waals surface area contributed by atoms with Gasteiger partial charge in [0.25, 0.3) is 5.56 Å². The largest absolute Gasteiger partial charge is 0.349 e. The SMILES string of the molecule is CCCCc1ccc(NC(=O)CSc2nc3c([nH]c4ccccc43)c(=O)n2-c2cc(C)ccc2C)cc1. The third-order valence-electron chi connectivity index (χ3n) is 6.49. The molecule has 0 radical (unpaired) electrons. The molecule has 0 aliphatic carbocycles. The molecule has 5 rings (SSSR count). The minimum Gasteiger partial charge on any atom is -0.349 e. The highest BCUT2D eigenvalue weighted by Crippen LogP contribution is 2.28. The number of unbranched alkanes of at least 4 members (excludes halogenated alkanes) is 1. The molecule has 0 saturated heterocycles. The van der Waals surface area contributed by atoms with E-state index < -0.39 is 0 Å². The van der Waals surface area contributed by atoms with Crippen LogP contribution < -0.4 is 10.9 Å². The van der Waals surface area contributed by atoms with E-state index in [1.165, 1.54) is 17.3 Å². The predicted octanol–water partition coefficient (Wildman–Crippen LogP) is 6.56. The molecule has 0 fully saturated rings. The molecule has 188 valence electrons. The quantitative estimate of drug-likeness (QED) is 0.183. The third kappa shape index (κ3) is 5.18. The lowest BCUT2D eigenvalue weighted by atomic mass is 10.1. The number of carbonyl (C=O) groups excluding carboxylic acids is 1. The first kappa shape index (κ1) is 24.8. The Morgan fingerprint density at radius 1 is 1.05 bits per heavy atom. The van der Waals surface area contributed by atoms with Crippen LogP contribution in [0.1, 0.15) is 36.5 Å². The molecule has 0 unspecified atom stereocenters. The zero-order valence-corrected chi connectivity index (χ0v) is 22.1. The van der Waals surface area contributed by atoms with Crippen molar-refractivity contribution in [3.8, 4) is 5.69 Å². The van der Waals surface area contributed by atoms with Crippen molar-refractivity contribution in [2.45, 2.75) is 45.2 Å². The van der Waals surface area contributed by atoms with Gasteiger partial charge < -0.3 is 10.3 Å². The van der Waals surface area contributed by atoms with Gasteiger partial charge in [0.1, 0.15) is 11.0 Å². The van der Waals surface area contributed by atoms with E-state index in [4.69, 9.17) is 4.98 Å². The molecule has 2 heterocycles. The Bertz CT molecular complexity index is 1650. The summed E-state index contributed by atoms with van der Waals surface area (Å²) in [6.45, 7) is 6.15. The maximum absolute atomic E-state index is 13.8. The maximum atomic E-state index is 13.8. The minimum absolute atomic E-state index is 0.128. The third-order valence-corrected chi connectivity index (χ3v) is 7.43. The first-order chi connectivity index (χ1) is 17.9. The van der Waals surface area contributed by atoms with Crippen molar-refractivity contribution < 1.29 is 4.79 Å². The summed E-state index contributed by atoms with van der Waals surface area (Å²) in [6, 6.07) is 21.7. The molecule has 0 atom stereocenters. The van der Waals surface area contributed by atoms with Crippen molar-refractivity contribution >= 4 is 45.3 Å². The van der Waals surface area contributed by atoms with Crippen LogP contribution in [0.3, 0.4) is 0 Å². The second-order valence-corrected chi connectivity index (χ2v) is 10.3. The van der Waals surface area contributed by atoms with Crippen LogP contribution in [0, 0.1) is 13.8 Å². The molecule has 3 aromatic carbocycles. The van der Waals surface area contributed by atoms with Gasteiger partial charge in [0.05, 0.1) is 11.4 Å². The lowest BCUT2D eigenvalue weighted by molar-refractivity contribution is -0.113. The van der Waals surface area contributed by atoms with Crippen LogP contribution in [0.5, 0.6) is 0 Å². The van der Waals surface area contributed by atoms with Crippen molar-refractivity contribution in [3.05, 3.63) is 93.8 Å². The molecular formula is C30H30N4O2S. The average molecular weight is 511 g/mol. The Hall–Kier alpha value is -3.84. The van der Waals surface area contributed by atoms with Crippen molar-refractivity contribution in [1.82, 2.24) is 14.5 Å². The fourth-order valence-electron chi connectivity index (χ4n) is 4.47. The van der Waals surface area contributed by atoms with E-state index in [1.807, 2.05) is 68.4 Å². The van der Waals surface area contributed by atoms with Gasteiger partial charge in [0, 0.05) is 16.6 Å². The highest BCUT2D eigenvalue weighted by molar-refractivity contribution is 7.99. The van der Waals surface area contributed by atoms with Gasteiger partial charge in [0.2, 0.25) is 5.91 Å². The van der Waals surface area contributed by atoms with Crippen molar-refractivity contribution in [2.75, 3.05) is 11.1 Å². The van der Waals surface area contributed by atoms with Gasteiger partial charge in [-0.15, -0.1) is 0 Å². The van der Waals surface area contributed by atoms with Crippen molar-refractivity contribution in [3.63, 3.8) is 0 Å². The number of fused-ring (bicyclic) bond motifs is 3. The van der Waals surface area contributed by atoms with Crippen LogP contribution in [-0.4, -0.2) is 26.2 Å². The first-order valence-electron chi connectivity index (χ1n) is 12.6. The van der Waals surface area contributed by atoms with E-state index in [9.17, 15) is 9.59 Å². The highest BCUT2D eigenvalue weighted by Gasteiger charge is 2.19. The summed E-state index contributed by atoms with van der Waals surface area (Å²) in [5.41, 5.74) is 6.55. The molecule has 0 saturated carbocycles. The van der Waals surface area contributed by atoms with E-state index in [-0.39, 0.29) is 17.2 Å². The molecule has 0 aliphatic rings. The molecule has 7 heteroatoms. The summed E-state index contributed by atoms with van der Waals surface area (Å²) >= 11 is 1.26. The zero-order valence-electron chi connectivity index (χ0n) is 21.3. The van der Waals surface area contributed by atoms with Crippen molar-refractivity contribution in [1.29, 1.82) is 0 Å². The number of para-hydroxylation sites is 1. The van der Waals surface area contributed by atoms with Crippen LogP contribution in [-0.2, 0) is 11.2 Å². The van der Waals surface area contributed by atoms with Crippen molar-refractivity contribution in [2.24, 2.45) is 0 Å². The molecule has 5 aromatic rings. The smallest absolute Gasteiger partial charge is 0.283 e. The number of aryl methyl sites for hydroxylation is 3. The molecular weight excluding hydrogens is 480 g/mol. The Kier molecular flexibility index (Phi) is 7.15. The number of aromatic nitrogens is 3. The number of rotatable bonds is 8. The molecule has 1 amide bonds. The number of hydrogen-bond acceptors (Lipinski definition) is 4. The van der Waals surface area contributed by atoms with E-state index in [1.54, 1.807) is 4.57 Å². The molecule has 6 nitrogen and oxygen atoms in total. The van der Waals surface area contributed by atoms with Crippen LogP contribution >= 0.6 is 11.8 Å². The average Bonchev–Trinajstić information content (AvgIpc) is 3.28. The topological polar surface area (TPSA) is 79.8 Å². The summed E-state index contributed by atoms with van der Waals surface area (Å²) in [7, 11) is 0. The van der Waals surface area contributed by atoms with Gasteiger partial charge in [-0.1, -0.05) is 67.6 Å². The Morgan fingerprint density at radius 3 is 2.62 bits per heavy atom. The number of amides is 1. The number of thioether (sulfide) groups is 1. The molecule has 37 heavy (non-hydrogen) atoms. The summed E-state index contributed by atoms with van der Waals surface area (Å²) in [6.07, 6.45) is 3.35. The number of anilines is 1. The second-order valence-electron chi connectivity index (χ2n) is 9.36. The van der Waals surface area contributed by atoms with Gasteiger partial charge in [0.15, 0.2) is 5.16 Å². The van der Waals surface area contributed by atoms with Gasteiger partial charge in [-0.25, -0.2) is 4.98 Å². The summed E-state index contributed by atoms with van der Waals surface area (Å²) < 4.78 is 1.63. The van der Waals surface area contributed by atoms with E-state index in [2.05, 4.69) is 29.4 Å². The lowest BCUT2D eigenvalue weighted by Crippen LogP contribution is -2.23. The lowest BCUT2D eigenvalue weighted by Gasteiger charge is -2.15. The van der Waals surface area contributed by atoms with E-state index in [0.717, 1.165) is 52.7 Å². The van der Waals surface area contributed by atoms with Crippen LogP contribution in [0.2, 0.25) is 0 Å². The minimum atomic E-state index is -0.180. The molecule has 2 aromatic heterocycles. The number of nitrogens with one attached hydrogen (secondary N) is 2. The predicted molar refractivity (Wildman–Crippen MR) is 153 cm³/mol. The Morgan fingerprint density at radius 2 is 1.84 bits per heavy atom. The maximum Gasteiger partial charge on any atom is 0.283 e. The Labute approximate surface area is 220 Å². The van der Waals surface area contributed by atoms with Crippen LogP contribution in [0.25, 0.3) is 27.6 Å². The van der Waals surface area contributed by atoms with Gasteiger partial charge in [-0.2, -0.15) is 0 Å². The van der Waals surface area contributed by atoms with E-state index in [0.29, 0.717) is 16.2 Å². The number of carbonyl (C=O) groups is 1. The first-order valence-corrected chi connectivity index (χ1v) is 13.6. The highest BCUT2D eigenvalue weighted by atomic mass is 32.2. The van der Waals surface area contributed by atoms with Gasteiger partial charge in [-0.05, 0) is 67.6 Å². The van der Waals surface area contributed by atoms with E-state index >= 15 is 0 Å². The molecule has 0 bridgehead atoms. The fourth-order valence-corrected chi connectivity index (χ4v) is 5.27. The van der Waals surface area contributed by atoms with Crippen LogP contribution in [0.15, 0.2) is 76.7 Å². The van der Waals surface area contributed by atoms with Gasteiger partial charge in [-0.3, -0.25) is 14.2 Å². The number of H-pyrrole nitrogens is 1. The normalized spacial score (nSPS) is 11.3. The number of aromatic amines is 1. The molecule has 0 spiro atoms. The standard InChI is InChI=1S/C30H30N4O2S/c1-4-5-8-21-13-15-22(16-14-21)31-26(35)18-37-30-33-27-23-9-6-7-10-24(23)32-28(27)29(36)34(30)25-17-19(2)11-12-20(25)3/h6-7,9-17,32H,4-5,8,18H2,1-3H3,(H,31,35). The monoisotopic (exact) mass is 510 g/mol. The molecule has 0 aliphatic heterocycles. The summed E-state index contributed by atoms with van der Waals surface area (Å²) in [5, 5.41) is 4.34. The van der Waals surface area contributed by atoms with Gasteiger partial charge >= 0.3 is 0 Å². The number of benzene rings is 3. The summed E-state index contributed by atoms with van der Waals surface area (Å²) in [4.78, 5) is 34.8. The zero-order chi connectivity index (χ0) is 25.9. The summed E-state index contributed by atoms with van der Waals surface area (Å²) in [5.74, 6) is -0.0185. The number of hydrogen-bond donors (Lipinski definition) is 2. The second kappa shape index (κ2) is 10.6. The van der Waals surface area contributed by atoms with Crippen LogP contribution in [0.4, 0.5) is 5.69 Å². The number of nitrogens with zero attached hydrogens (tertiary/aromatic N) is 2. The molecule has 2 N–H and O–H groups in total.